The van der Waals surface area contributed by atoms with Crippen LogP contribution in [0.5, 0.6) is 0 Å². The van der Waals surface area contributed by atoms with E-state index in [1.165, 1.54) is 28.2 Å². The van der Waals surface area contributed by atoms with Crippen LogP contribution in [0.1, 0.15) is 13.8 Å². The minimum absolute atomic E-state index is 0.00217. The first-order chi connectivity index (χ1) is 10.7. The van der Waals surface area contributed by atoms with Crippen LogP contribution in [0, 0.1) is 0 Å². The molecule has 1 amide bonds. The molecule has 8 nitrogen and oxygen atoms in total. The zero-order valence-electron chi connectivity index (χ0n) is 13.5. The third-order valence-electron chi connectivity index (χ3n) is 3.63. The number of aryl methyl sites for hydroxylation is 2. The van der Waals surface area contributed by atoms with Crippen LogP contribution >= 0.6 is 0 Å². The maximum absolute atomic E-state index is 12.4. The number of nitrogens with one attached hydrogen (secondary N) is 2. The van der Waals surface area contributed by atoms with E-state index in [0.717, 1.165) is 0 Å². The number of benzene rings is 1. The smallest absolute Gasteiger partial charge is 0.328 e. The Morgan fingerprint density at radius 2 is 1.83 bits per heavy atom. The number of rotatable bonds is 5. The molecule has 9 heteroatoms. The molecule has 0 radical (unpaired) electrons. The molecular formula is C14H20N4O4S. The van der Waals surface area contributed by atoms with Crippen molar-refractivity contribution in [2.75, 3.05) is 6.54 Å². The highest BCUT2D eigenvalue weighted by Gasteiger charge is 2.22. The lowest BCUT2D eigenvalue weighted by Gasteiger charge is -2.14. The van der Waals surface area contributed by atoms with Crippen molar-refractivity contribution >= 4 is 27.0 Å². The number of hydrogen-bond donors (Lipinski definition) is 2. The standard InChI is InChI=1S/C14H20N4O4S/c1-5-15-13(19)9(2)16-23(21,22)10-6-7-11-12(8-10)18(4)14(20)17(11)3/h6-9,16H,5H2,1-4H3,(H,15,19)/t9-/m0/s1. The molecule has 0 aliphatic heterocycles. The summed E-state index contributed by atoms with van der Waals surface area (Å²) in [5.74, 6) is -0.399. The van der Waals surface area contributed by atoms with E-state index in [-0.39, 0.29) is 10.6 Å². The predicted octanol–water partition coefficient (Wildman–Crippen LogP) is -0.320. The van der Waals surface area contributed by atoms with Crippen molar-refractivity contribution in [3.63, 3.8) is 0 Å². The number of nitrogens with zero attached hydrogens (tertiary/aromatic N) is 2. The highest BCUT2D eigenvalue weighted by molar-refractivity contribution is 7.89. The quantitative estimate of drug-likeness (QED) is 0.779. The van der Waals surface area contributed by atoms with Gasteiger partial charge in [0.15, 0.2) is 0 Å². The van der Waals surface area contributed by atoms with Crippen LogP contribution in [0.25, 0.3) is 11.0 Å². The number of hydrogen-bond acceptors (Lipinski definition) is 4. The van der Waals surface area contributed by atoms with Gasteiger partial charge in [-0.2, -0.15) is 4.72 Å². The summed E-state index contributed by atoms with van der Waals surface area (Å²) >= 11 is 0. The first-order valence-corrected chi connectivity index (χ1v) is 8.63. The maximum Gasteiger partial charge on any atom is 0.328 e. The van der Waals surface area contributed by atoms with Gasteiger partial charge in [0.05, 0.1) is 22.0 Å². The number of sulfonamides is 1. The summed E-state index contributed by atoms with van der Waals surface area (Å²) in [6, 6.07) is 3.51. The lowest BCUT2D eigenvalue weighted by atomic mass is 10.3. The van der Waals surface area contributed by atoms with Crippen LogP contribution < -0.4 is 15.7 Å². The van der Waals surface area contributed by atoms with E-state index in [9.17, 15) is 18.0 Å². The molecular weight excluding hydrogens is 320 g/mol. The minimum atomic E-state index is -3.87. The maximum atomic E-state index is 12.4. The van der Waals surface area contributed by atoms with Crippen LogP contribution in [0.3, 0.4) is 0 Å². The molecule has 1 aromatic heterocycles. The second kappa shape index (κ2) is 6.17. The molecule has 0 saturated heterocycles. The highest BCUT2D eigenvalue weighted by Crippen LogP contribution is 2.17. The summed E-state index contributed by atoms with van der Waals surface area (Å²) in [5, 5.41) is 2.55. The fraction of sp³-hybridized carbons (Fsp3) is 0.429. The third-order valence-corrected chi connectivity index (χ3v) is 5.17. The zero-order valence-corrected chi connectivity index (χ0v) is 14.3. The molecule has 2 N–H and O–H groups in total. The summed E-state index contributed by atoms with van der Waals surface area (Å²) in [6.07, 6.45) is 0. The third kappa shape index (κ3) is 3.15. The Morgan fingerprint density at radius 3 is 2.43 bits per heavy atom. The average Bonchev–Trinajstić information content (AvgIpc) is 2.71. The Hall–Kier alpha value is -2.13. The minimum Gasteiger partial charge on any atom is -0.355 e. The lowest BCUT2D eigenvalue weighted by Crippen LogP contribution is -2.44. The van der Waals surface area contributed by atoms with Gasteiger partial charge in [-0.15, -0.1) is 0 Å². The Labute approximate surface area is 134 Å². The van der Waals surface area contributed by atoms with Crippen LogP contribution in [-0.2, 0) is 28.9 Å². The van der Waals surface area contributed by atoms with E-state index in [1.54, 1.807) is 27.1 Å². The monoisotopic (exact) mass is 340 g/mol. The number of likely N-dealkylation sites (N-methyl/N-ethyl adjacent to an activating group) is 1. The van der Waals surface area contributed by atoms with E-state index in [2.05, 4.69) is 10.0 Å². The van der Waals surface area contributed by atoms with Crippen molar-refractivity contribution in [1.82, 2.24) is 19.2 Å². The van der Waals surface area contributed by atoms with Gasteiger partial charge < -0.3 is 5.32 Å². The van der Waals surface area contributed by atoms with Gasteiger partial charge in [-0.3, -0.25) is 13.9 Å². The number of fused-ring (bicyclic) bond motifs is 1. The molecule has 0 bridgehead atoms. The Kier molecular flexibility index (Phi) is 4.62. The molecule has 23 heavy (non-hydrogen) atoms. The summed E-state index contributed by atoms with van der Waals surface area (Å²) in [7, 11) is -0.676. The van der Waals surface area contributed by atoms with E-state index in [1.807, 2.05) is 0 Å². The number of aromatic nitrogens is 2. The van der Waals surface area contributed by atoms with Gasteiger partial charge in [-0.1, -0.05) is 0 Å². The number of amides is 1. The molecule has 2 aromatic rings. The van der Waals surface area contributed by atoms with E-state index in [4.69, 9.17) is 0 Å². The summed E-state index contributed by atoms with van der Waals surface area (Å²) in [5.41, 5.74) is 0.900. The molecule has 0 unspecified atom stereocenters. The highest BCUT2D eigenvalue weighted by atomic mass is 32.2. The second-order valence-corrected chi connectivity index (χ2v) is 7.00. The first-order valence-electron chi connectivity index (χ1n) is 7.14. The zero-order chi connectivity index (χ0) is 17.4. The van der Waals surface area contributed by atoms with E-state index < -0.39 is 22.0 Å². The molecule has 0 fully saturated rings. The molecule has 0 saturated carbocycles. The van der Waals surface area contributed by atoms with Crippen molar-refractivity contribution in [3.8, 4) is 0 Å². The van der Waals surface area contributed by atoms with Crippen molar-refractivity contribution in [1.29, 1.82) is 0 Å². The molecule has 126 valence electrons. The topological polar surface area (TPSA) is 102 Å². The van der Waals surface area contributed by atoms with Gasteiger partial charge in [-0.25, -0.2) is 13.2 Å². The molecule has 0 aliphatic carbocycles. The van der Waals surface area contributed by atoms with Gasteiger partial charge in [0.2, 0.25) is 15.9 Å². The van der Waals surface area contributed by atoms with Crippen molar-refractivity contribution < 1.29 is 13.2 Å². The van der Waals surface area contributed by atoms with Gasteiger partial charge in [0.1, 0.15) is 0 Å². The molecule has 2 rings (SSSR count). The first kappa shape index (κ1) is 17.2. The molecule has 1 heterocycles. The van der Waals surface area contributed by atoms with E-state index >= 15 is 0 Å². The number of imidazole rings is 1. The fourth-order valence-electron chi connectivity index (χ4n) is 2.34. The number of carbonyl (C=O) groups excluding carboxylic acids is 1. The van der Waals surface area contributed by atoms with Crippen LogP contribution in [0.15, 0.2) is 27.9 Å². The lowest BCUT2D eigenvalue weighted by molar-refractivity contribution is -0.122. The summed E-state index contributed by atoms with van der Waals surface area (Å²) < 4.78 is 30.0. The Morgan fingerprint density at radius 1 is 1.22 bits per heavy atom. The van der Waals surface area contributed by atoms with Gasteiger partial charge in [0.25, 0.3) is 0 Å². The van der Waals surface area contributed by atoms with Gasteiger partial charge in [-0.05, 0) is 32.0 Å². The molecule has 1 aromatic carbocycles. The predicted molar refractivity (Wildman–Crippen MR) is 86.6 cm³/mol. The van der Waals surface area contributed by atoms with Gasteiger partial charge >= 0.3 is 5.69 Å². The molecule has 0 spiro atoms. The molecule has 0 aliphatic rings. The Bertz CT molecular complexity index is 911. The van der Waals surface area contributed by atoms with Crippen LogP contribution in [-0.4, -0.2) is 36.0 Å². The SMILES string of the molecule is CCNC(=O)[C@H](C)NS(=O)(=O)c1ccc2c(c1)n(C)c(=O)n2C. The second-order valence-electron chi connectivity index (χ2n) is 5.29. The largest absolute Gasteiger partial charge is 0.355 e. The number of carbonyl (C=O) groups is 1. The summed E-state index contributed by atoms with van der Waals surface area (Å²) in [4.78, 5) is 23.6. The van der Waals surface area contributed by atoms with E-state index in [0.29, 0.717) is 17.6 Å². The fourth-order valence-corrected chi connectivity index (χ4v) is 3.56. The van der Waals surface area contributed by atoms with Crippen LogP contribution in [0.2, 0.25) is 0 Å². The van der Waals surface area contributed by atoms with Crippen molar-refractivity contribution in [2.24, 2.45) is 14.1 Å². The average molecular weight is 340 g/mol. The van der Waals surface area contributed by atoms with Gasteiger partial charge in [0, 0.05) is 20.6 Å². The van der Waals surface area contributed by atoms with Crippen molar-refractivity contribution in [2.45, 2.75) is 24.8 Å². The summed E-state index contributed by atoms with van der Waals surface area (Å²) in [6.45, 7) is 3.64. The van der Waals surface area contributed by atoms with Crippen LogP contribution in [0.4, 0.5) is 0 Å². The Balaban J connectivity index is 2.41. The normalized spacial score (nSPS) is 13.2. The molecule has 1 atom stereocenters. The van der Waals surface area contributed by atoms with Crippen molar-refractivity contribution in [3.05, 3.63) is 28.7 Å².